The first kappa shape index (κ1) is 17.2. The minimum absolute atomic E-state index is 0.0505. The van der Waals surface area contributed by atoms with Crippen molar-refractivity contribution in [1.29, 1.82) is 0 Å². The van der Waals surface area contributed by atoms with Gasteiger partial charge in [0.05, 0.1) is 12.9 Å². The quantitative estimate of drug-likeness (QED) is 0.546. The molecule has 0 spiro atoms. The Labute approximate surface area is 124 Å². The van der Waals surface area contributed by atoms with Gasteiger partial charge in [-0.3, -0.25) is 0 Å². The van der Waals surface area contributed by atoms with Crippen LogP contribution in [0.25, 0.3) is 0 Å². The molecule has 0 heterocycles. The van der Waals surface area contributed by atoms with Crippen LogP contribution in [-0.2, 0) is 16.6 Å². The number of benzene rings is 1. The summed E-state index contributed by atoms with van der Waals surface area (Å²) < 4.78 is 43.5. The number of alkyl halides is 1. The van der Waals surface area contributed by atoms with E-state index in [4.69, 9.17) is 16.3 Å². The fourth-order valence-electron chi connectivity index (χ4n) is 1.70. The number of rotatable bonds is 8. The number of nitrogens with zero attached hydrogens (tertiary/aromatic N) is 1. The summed E-state index contributed by atoms with van der Waals surface area (Å²) in [7, 11) is -0.473. The zero-order valence-corrected chi connectivity index (χ0v) is 13.2. The monoisotopic (exact) mass is 323 g/mol. The van der Waals surface area contributed by atoms with Gasteiger partial charge in [-0.25, -0.2) is 17.1 Å². The number of hydrogen-bond acceptors (Lipinski definition) is 3. The van der Waals surface area contributed by atoms with Gasteiger partial charge in [0.25, 0.3) is 0 Å². The van der Waals surface area contributed by atoms with E-state index in [1.165, 1.54) is 30.6 Å². The molecular formula is C13H19ClFNO3S. The zero-order chi connectivity index (χ0) is 15.2. The number of ether oxygens (including phenoxy) is 1. The highest BCUT2D eigenvalue weighted by Crippen LogP contribution is 2.19. The molecule has 114 valence electrons. The number of sulfonamides is 1. The third-order valence-electron chi connectivity index (χ3n) is 2.88. The molecule has 0 N–H and O–H groups in total. The van der Waals surface area contributed by atoms with Gasteiger partial charge in [-0.05, 0) is 30.5 Å². The maximum absolute atomic E-state index is 13.5. The van der Waals surface area contributed by atoms with Gasteiger partial charge in [-0.15, -0.1) is 11.6 Å². The van der Waals surface area contributed by atoms with Crippen LogP contribution in [0.3, 0.4) is 0 Å². The summed E-state index contributed by atoms with van der Waals surface area (Å²) in [5.41, 5.74) is 0.576. The van der Waals surface area contributed by atoms with E-state index in [1.807, 2.05) is 0 Å². The summed E-state index contributed by atoms with van der Waals surface area (Å²) in [6.45, 7) is 0.129. The van der Waals surface area contributed by atoms with Crippen molar-refractivity contribution in [2.45, 2.75) is 19.4 Å². The van der Waals surface area contributed by atoms with Gasteiger partial charge in [-0.2, -0.15) is 0 Å². The second kappa shape index (κ2) is 7.81. The Hall–Kier alpha value is -0.850. The van der Waals surface area contributed by atoms with Crippen LogP contribution in [0.4, 0.5) is 4.39 Å². The van der Waals surface area contributed by atoms with Crippen molar-refractivity contribution in [2.24, 2.45) is 0 Å². The average molecular weight is 324 g/mol. The standard InChI is InChI=1S/C13H19ClFNO3S/c1-16(20(17,18)8-4-3-7-14)10-11-5-6-13(19-2)12(15)9-11/h5-6,9H,3-4,7-8,10H2,1-2H3. The van der Waals surface area contributed by atoms with E-state index >= 15 is 0 Å². The van der Waals surface area contributed by atoms with Crippen LogP contribution in [0, 0.1) is 5.82 Å². The second-order valence-electron chi connectivity index (χ2n) is 4.44. The number of hydrogen-bond donors (Lipinski definition) is 0. The summed E-state index contributed by atoms with van der Waals surface area (Å²) in [6, 6.07) is 4.41. The normalized spacial score (nSPS) is 11.8. The first-order valence-corrected chi connectivity index (χ1v) is 8.37. The highest BCUT2D eigenvalue weighted by molar-refractivity contribution is 7.89. The Morgan fingerprint density at radius 3 is 2.60 bits per heavy atom. The van der Waals surface area contributed by atoms with Crippen LogP contribution in [0.15, 0.2) is 18.2 Å². The van der Waals surface area contributed by atoms with Gasteiger partial charge < -0.3 is 4.74 Å². The molecule has 0 amide bonds. The molecule has 0 bridgehead atoms. The molecule has 0 aliphatic rings. The minimum atomic E-state index is -3.34. The molecule has 1 aromatic carbocycles. The lowest BCUT2D eigenvalue weighted by molar-refractivity contribution is 0.385. The summed E-state index contributed by atoms with van der Waals surface area (Å²) >= 11 is 5.52. The molecule has 20 heavy (non-hydrogen) atoms. The lowest BCUT2D eigenvalue weighted by Crippen LogP contribution is -2.28. The van der Waals surface area contributed by atoms with Crippen LogP contribution >= 0.6 is 11.6 Å². The van der Waals surface area contributed by atoms with Crippen molar-refractivity contribution >= 4 is 21.6 Å². The van der Waals surface area contributed by atoms with Crippen molar-refractivity contribution in [1.82, 2.24) is 4.31 Å². The maximum atomic E-state index is 13.5. The molecule has 0 aliphatic heterocycles. The van der Waals surface area contributed by atoms with Gasteiger partial charge in [0.1, 0.15) is 0 Å². The molecule has 4 nitrogen and oxygen atoms in total. The van der Waals surface area contributed by atoms with Crippen molar-refractivity contribution in [3.63, 3.8) is 0 Å². The van der Waals surface area contributed by atoms with E-state index in [1.54, 1.807) is 6.07 Å². The Balaban J connectivity index is 2.70. The Morgan fingerprint density at radius 1 is 1.35 bits per heavy atom. The van der Waals surface area contributed by atoms with Crippen molar-refractivity contribution in [3.8, 4) is 5.75 Å². The molecule has 0 saturated carbocycles. The van der Waals surface area contributed by atoms with Gasteiger partial charge in [0, 0.05) is 19.5 Å². The Kier molecular flexibility index (Phi) is 6.71. The summed E-state index contributed by atoms with van der Waals surface area (Å²) in [6.07, 6.45) is 1.18. The van der Waals surface area contributed by atoms with E-state index < -0.39 is 15.8 Å². The molecule has 0 atom stereocenters. The molecule has 0 aliphatic carbocycles. The fourth-order valence-corrected chi connectivity index (χ4v) is 3.11. The number of methoxy groups -OCH3 is 1. The van der Waals surface area contributed by atoms with Crippen molar-refractivity contribution in [3.05, 3.63) is 29.6 Å². The summed E-state index contributed by atoms with van der Waals surface area (Å²) in [5, 5.41) is 0. The van der Waals surface area contributed by atoms with Crippen LogP contribution < -0.4 is 4.74 Å². The van der Waals surface area contributed by atoms with Crippen LogP contribution in [0.2, 0.25) is 0 Å². The molecule has 7 heteroatoms. The molecule has 0 aromatic heterocycles. The average Bonchev–Trinajstić information content (AvgIpc) is 2.39. The zero-order valence-electron chi connectivity index (χ0n) is 11.6. The predicted molar refractivity (Wildman–Crippen MR) is 78.2 cm³/mol. The fraction of sp³-hybridized carbons (Fsp3) is 0.538. The number of unbranched alkanes of at least 4 members (excludes halogenated alkanes) is 1. The molecular weight excluding hydrogens is 305 g/mol. The predicted octanol–water partition coefficient (Wildman–Crippen LogP) is 2.61. The van der Waals surface area contributed by atoms with E-state index in [9.17, 15) is 12.8 Å². The van der Waals surface area contributed by atoms with Crippen LogP contribution in [0.5, 0.6) is 5.75 Å². The second-order valence-corrected chi connectivity index (χ2v) is 7.01. The van der Waals surface area contributed by atoms with E-state index in [2.05, 4.69) is 0 Å². The molecule has 0 unspecified atom stereocenters. The van der Waals surface area contributed by atoms with E-state index in [-0.39, 0.29) is 18.0 Å². The Morgan fingerprint density at radius 2 is 2.05 bits per heavy atom. The van der Waals surface area contributed by atoms with Gasteiger partial charge >= 0.3 is 0 Å². The first-order valence-electron chi connectivity index (χ1n) is 6.23. The van der Waals surface area contributed by atoms with Gasteiger partial charge in [0.2, 0.25) is 10.0 Å². The third-order valence-corrected chi connectivity index (χ3v) is 5.03. The van der Waals surface area contributed by atoms with Gasteiger partial charge in [-0.1, -0.05) is 6.07 Å². The van der Waals surface area contributed by atoms with Gasteiger partial charge in [0.15, 0.2) is 11.6 Å². The summed E-state index contributed by atoms with van der Waals surface area (Å²) in [5.74, 6) is 0.136. The molecule has 0 fully saturated rings. The smallest absolute Gasteiger partial charge is 0.214 e. The van der Waals surface area contributed by atoms with Crippen LogP contribution in [-0.4, -0.2) is 38.5 Å². The van der Waals surface area contributed by atoms with Crippen molar-refractivity contribution in [2.75, 3.05) is 25.8 Å². The SMILES string of the molecule is COc1ccc(CN(C)S(=O)(=O)CCCCCl)cc1F. The van der Waals surface area contributed by atoms with Crippen molar-refractivity contribution < 1.29 is 17.5 Å². The highest BCUT2D eigenvalue weighted by atomic mass is 35.5. The minimum Gasteiger partial charge on any atom is -0.494 e. The topological polar surface area (TPSA) is 46.6 Å². The van der Waals surface area contributed by atoms with E-state index in [0.717, 1.165) is 0 Å². The molecule has 0 saturated heterocycles. The lowest BCUT2D eigenvalue weighted by atomic mass is 10.2. The largest absolute Gasteiger partial charge is 0.494 e. The lowest BCUT2D eigenvalue weighted by Gasteiger charge is -2.17. The first-order chi connectivity index (χ1) is 9.40. The molecule has 0 radical (unpaired) electrons. The number of halogens is 2. The highest BCUT2D eigenvalue weighted by Gasteiger charge is 2.18. The molecule has 1 rings (SSSR count). The summed E-state index contributed by atoms with van der Waals surface area (Å²) in [4.78, 5) is 0. The third kappa shape index (κ3) is 4.92. The molecule has 1 aromatic rings. The maximum Gasteiger partial charge on any atom is 0.214 e. The Bertz CT molecular complexity index is 536. The van der Waals surface area contributed by atoms with Crippen LogP contribution in [0.1, 0.15) is 18.4 Å². The van der Waals surface area contributed by atoms with E-state index in [0.29, 0.717) is 24.3 Å².